The van der Waals surface area contributed by atoms with Gasteiger partial charge in [-0.2, -0.15) is 8.42 Å². The third-order valence-electron chi connectivity index (χ3n) is 0.850. The average molecular weight is 168 g/mol. The third kappa shape index (κ3) is 4.72. The van der Waals surface area contributed by atoms with Gasteiger partial charge < -0.3 is 5.11 Å². The van der Waals surface area contributed by atoms with Crippen LogP contribution in [0.1, 0.15) is 13.3 Å². The average Bonchev–Trinajstić information content (AvgIpc) is 1.84. The summed E-state index contributed by atoms with van der Waals surface area (Å²) in [5.41, 5.74) is 0. The van der Waals surface area contributed by atoms with Crippen LogP contribution < -0.4 is 0 Å². The molecule has 1 N–H and O–H groups in total. The predicted molar refractivity (Wildman–Crippen MR) is 37.1 cm³/mol. The van der Waals surface area contributed by atoms with Gasteiger partial charge in [0.05, 0.1) is 12.4 Å². The molecule has 0 rings (SSSR count). The van der Waals surface area contributed by atoms with E-state index in [2.05, 4.69) is 4.18 Å². The highest BCUT2D eigenvalue weighted by Gasteiger charge is 2.07. The largest absolute Gasteiger partial charge is 0.396 e. The van der Waals surface area contributed by atoms with E-state index in [1.165, 1.54) is 0 Å². The fourth-order valence-electron chi connectivity index (χ4n) is 0.480. The van der Waals surface area contributed by atoms with E-state index < -0.39 is 10.1 Å². The zero-order valence-electron chi connectivity index (χ0n) is 5.91. The van der Waals surface area contributed by atoms with Crippen molar-refractivity contribution in [3.63, 3.8) is 0 Å². The lowest BCUT2D eigenvalue weighted by molar-refractivity contribution is 0.289. The minimum absolute atomic E-state index is 0.0999. The van der Waals surface area contributed by atoms with Gasteiger partial charge in [0.1, 0.15) is 0 Å². The molecule has 0 heterocycles. The quantitative estimate of drug-likeness (QED) is 0.574. The lowest BCUT2D eigenvalue weighted by Gasteiger charge is -1.99. The zero-order chi connectivity index (χ0) is 8.04. The molecule has 0 bridgehead atoms. The van der Waals surface area contributed by atoms with E-state index in [1.54, 1.807) is 6.92 Å². The van der Waals surface area contributed by atoms with E-state index in [9.17, 15) is 8.42 Å². The lowest BCUT2D eigenvalue weighted by Crippen LogP contribution is -2.11. The monoisotopic (exact) mass is 168 g/mol. The highest BCUT2D eigenvalue weighted by Crippen LogP contribution is 1.94. The molecule has 62 valence electrons. The minimum Gasteiger partial charge on any atom is -0.396 e. The van der Waals surface area contributed by atoms with E-state index in [4.69, 9.17) is 5.11 Å². The number of aliphatic hydroxyl groups is 1. The Morgan fingerprint density at radius 3 is 2.50 bits per heavy atom. The Bertz CT molecular complexity index is 160. The Labute approximate surface area is 60.9 Å². The molecule has 5 heteroatoms. The van der Waals surface area contributed by atoms with Gasteiger partial charge in [0.2, 0.25) is 0 Å². The molecule has 0 aliphatic heterocycles. The van der Waals surface area contributed by atoms with Crippen molar-refractivity contribution in [1.82, 2.24) is 0 Å². The molecule has 0 fully saturated rings. The maximum Gasteiger partial charge on any atom is 0.267 e. The summed E-state index contributed by atoms with van der Waals surface area (Å²) in [6.07, 6.45) is 0.238. The second-order valence-electron chi connectivity index (χ2n) is 1.75. The Morgan fingerprint density at radius 2 is 2.10 bits per heavy atom. The first-order valence-corrected chi connectivity index (χ1v) is 4.68. The zero-order valence-corrected chi connectivity index (χ0v) is 6.73. The Morgan fingerprint density at radius 1 is 1.50 bits per heavy atom. The van der Waals surface area contributed by atoms with Crippen molar-refractivity contribution in [3.05, 3.63) is 0 Å². The van der Waals surface area contributed by atoms with E-state index in [1.807, 2.05) is 0 Å². The Hall–Kier alpha value is -0.130. The van der Waals surface area contributed by atoms with Gasteiger partial charge in [-0.25, -0.2) is 0 Å². The Kier molecular flexibility index (Phi) is 4.59. The molecule has 0 atom stereocenters. The van der Waals surface area contributed by atoms with Crippen LogP contribution >= 0.6 is 0 Å². The van der Waals surface area contributed by atoms with Gasteiger partial charge in [-0.15, -0.1) is 0 Å². The topological polar surface area (TPSA) is 63.6 Å². The Balaban J connectivity index is 3.65. The van der Waals surface area contributed by atoms with Crippen LogP contribution in [0.3, 0.4) is 0 Å². The first-order valence-electron chi connectivity index (χ1n) is 3.10. The van der Waals surface area contributed by atoms with Crippen molar-refractivity contribution in [1.29, 1.82) is 0 Å². The summed E-state index contributed by atoms with van der Waals surface area (Å²) in [5.74, 6) is -0.0999. The summed E-state index contributed by atoms with van der Waals surface area (Å²) < 4.78 is 25.7. The van der Waals surface area contributed by atoms with Crippen molar-refractivity contribution in [3.8, 4) is 0 Å². The van der Waals surface area contributed by atoms with Gasteiger partial charge in [0.15, 0.2) is 0 Å². The molecule has 0 unspecified atom stereocenters. The van der Waals surface area contributed by atoms with Gasteiger partial charge in [-0.05, 0) is 13.3 Å². The first-order chi connectivity index (χ1) is 4.62. The molecule has 0 spiro atoms. The minimum atomic E-state index is -3.35. The molecule has 0 saturated carbocycles. The van der Waals surface area contributed by atoms with E-state index in [0.29, 0.717) is 0 Å². The summed E-state index contributed by atoms with van der Waals surface area (Å²) in [7, 11) is -3.35. The molecule has 10 heavy (non-hydrogen) atoms. The third-order valence-corrected chi connectivity index (χ3v) is 2.23. The SMILES string of the molecule is CCOS(=O)(=O)CCCO. The summed E-state index contributed by atoms with van der Waals surface area (Å²) in [6, 6.07) is 0. The van der Waals surface area contributed by atoms with Crippen LogP contribution in [0, 0.1) is 0 Å². The second kappa shape index (κ2) is 4.65. The molecule has 0 saturated heterocycles. The van der Waals surface area contributed by atoms with Crippen LogP contribution in [0.5, 0.6) is 0 Å². The molecular weight excluding hydrogens is 156 g/mol. The molecule has 0 aromatic rings. The maximum absolute atomic E-state index is 10.7. The van der Waals surface area contributed by atoms with Gasteiger partial charge >= 0.3 is 0 Å². The fourth-order valence-corrected chi connectivity index (χ4v) is 1.44. The van der Waals surface area contributed by atoms with Crippen LogP contribution in [-0.2, 0) is 14.3 Å². The number of aliphatic hydroxyl groups excluding tert-OH is 1. The van der Waals surface area contributed by atoms with Crippen LogP contribution in [0.2, 0.25) is 0 Å². The van der Waals surface area contributed by atoms with E-state index in [-0.39, 0.29) is 25.4 Å². The molecule has 0 radical (unpaired) electrons. The van der Waals surface area contributed by atoms with Gasteiger partial charge in [-0.3, -0.25) is 4.18 Å². The van der Waals surface area contributed by atoms with Crippen molar-refractivity contribution in [2.24, 2.45) is 0 Å². The molecule has 0 aromatic heterocycles. The fraction of sp³-hybridized carbons (Fsp3) is 1.00. The lowest BCUT2D eigenvalue weighted by atomic mass is 10.5. The number of rotatable bonds is 5. The molecule has 0 amide bonds. The van der Waals surface area contributed by atoms with Crippen molar-refractivity contribution in [2.45, 2.75) is 13.3 Å². The van der Waals surface area contributed by atoms with Crippen molar-refractivity contribution >= 4 is 10.1 Å². The van der Waals surface area contributed by atoms with Crippen molar-refractivity contribution < 1.29 is 17.7 Å². The van der Waals surface area contributed by atoms with Gasteiger partial charge in [-0.1, -0.05) is 0 Å². The molecule has 4 nitrogen and oxygen atoms in total. The number of hydrogen-bond acceptors (Lipinski definition) is 4. The summed E-state index contributed by atoms with van der Waals surface area (Å²) in [4.78, 5) is 0. The van der Waals surface area contributed by atoms with E-state index >= 15 is 0 Å². The maximum atomic E-state index is 10.7. The first kappa shape index (κ1) is 9.87. The molecular formula is C5H12O4S. The standard InChI is InChI=1S/C5H12O4S/c1-2-9-10(7,8)5-3-4-6/h6H,2-5H2,1H3. The highest BCUT2D eigenvalue weighted by molar-refractivity contribution is 7.86. The van der Waals surface area contributed by atoms with Crippen molar-refractivity contribution in [2.75, 3.05) is 19.0 Å². The van der Waals surface area contributed by atoms with Crippen LogP contribution in [0.15, 0.2) is 0 Å². The molecule has 0 aliphatic carbocycles. The summed E-state index contributed by atoms with van der Waals surface area (Å²) in [6.45, 7) is 1.65. The predicted octanol–water partition coefficient (Wildman–Crippen LogP) is -0.265. The van der Waals surface area contributed by atoms with Gasteiger partial charge in [0, 0.05) is 6.61 Å². The molecule has 0 aromatic carbocycles. The van der Waals surface area contributed by atoms with Crippen LogP contribution in [0.25, 0.3) is 0 Å². The van der Waals surface area contributed by atoms with Crippen LogP contribution in [0.4, 0.5) is 0 Å². The summed E-state index contributed by atoms with van der Waals surface area (Å²) in [5, 5.41) is 8.28. The second-order valence-corrected chi connectivity index (χ2v) is 3.50. The molecule has 0 aliphatic rings. The van der Waals surface area contributed by atoms with E-state index in [0.717, 1.165) is 0 Å². The highest BCUT2D eigenvalue weighted by atomic mass is 32.2. The number of hydrogen-bond donors (Lipinski definition) is 1. The normalized spacial score (nSPS) is 11.8. The van der Waals surface area contributed by atoms with Crippen LogP contribution in [-0.4, -0.2) is 32.5 Å². The summed E-state index contributed by atoms with van der Waals surface area (Å²) >= 11 is 0. The smallest absolute Gasteiger partial charge is 0.267 e. The van der Waals surface area contributed by atoms with Gasteiger partial charge in [0.25, 0.3) is 10.1 Å².